The summed E-state index contributed by atoms with van der Waals surface area (Å²) in [5, 5.41) is 8.39. The average molecular weight is 311 g/mol. The lowest BCUT2D eigenvalue weighted by Gasteiger charge is -2.10. The van der Waals surface area contributed by atoms with Crippen LogP contribution in [0.5, 0.6) is 0 Å². The van der Waals surface area contributed by atoms with Crippen molar-refractivity contribution in [3.63, 3.8) is 0 Å². The largest absolute Gasteiger partial charge is 0.324 e. The number of halogens is 1. The van der Waals surface area contributed by atoms with Crippen LogP contribution in [-0.2, 0) is 0 Å². The fraction of sp³-hybridized carbons (Fsp3) is 0.0588. The van der Waals surface area contributed by atoms with Crippen molar-refractivity contribution in [3.05, 3.63) is 77.3 Å². The minimum Gasteiger partial charge on any atom is -0.324 e. The number of aliphatic imine (C=N–C) groups is 1. The first-order chi connectivity index (χ1) is 10.8. The summed E-state index contributed by atoms with van der Waals surface area (Å²) in [4.78, 5) is 4.35. The predicted octanol–water partition coefficient (Wildman–Crippen LogP) is 3.65. The maximum Gasteiger partial charge on any atom is 0.217 e. The second-order valence-corrected chi connectivity index (χ2v) is 5.17. The molecule has 2 N–H and O–H groups in total. The minimum absolute atomic E-state index is 0.508. The molecule has 4 nitrogen and oxygen atoms in total. The van der Waals surface area contributed by atoms with E-state index in [1.165, 1.54) is 0 Å². The lowest BCUT2D eigenvalue weighted by atomic mass is 10.0. The van der Waals surface area contributed by atoms with Crippen LogP contribution in [0.2, 0.25) is 5.02 Å². The zero-order chi connectivity index (χ0) is 15.4. The SMILES string of the molecule is C=CCN=C1NN=C(c2ccccc2)c2cc(Cl)ccc2N1. The van der Waals surface area contributed by atoms with Crippen LogP contribution >= 0.6 is 11.6 Å². The molecule has 22 heavy (non-hydrogen) atoms. The molecule has 110 valence electrons. The first kappa shape index (κ1) is 14.4. The normalized spacial score (nSPS) is 15.1. The molecule has 0 radical (unpaired) electrons. The highest BCUT2D eigenvalue weighted by atomic mass is 35.5. The molecule has 0 saturated heterocycles. The van der Waals surface area contributed by atoms with Gasteiger partial charge in [-0.05, 0) is 18.2 Å². The molecule has 0 aliphatic carbocycles. The van der Waals surface area contributed by atoms with Crippen LogP contribution in [0.25, 0.3) is 0 Å². The molecule has 1 heterocycles. The quantitative estimate of drug-likeness (QED) is 0.850. The van der Waals surface area contributed by atoms with Gasteiger partial charge in [0.15, 0.2) is 0 Å². The molecule has 0 saturated carbocycles. The van der Waals surface area contributed by atoms with Gasteiger partial charge >= 0.3 is 0 Å². The Morgan fingerprint density at radius 1 is 1.18 bits per heavy atom. The standard InChI is InChI=1S/C17H15ClN4/c1-2-10-19-17-20-15-9-8-13(18)11-14(15)16(21-22-17)12-6-4-3-5-7-12/h2-9,11H,1,10H2,(H2,19,20,22). The predicted molar refractivity (Wildman–Crippen MR) is 92.8 cm³/mol. The molecule has 3 rings (SSSR count). The van der Waals surface area contributed by atoms with Crippen molar-refractivity contribution in [2.24, 2.45) is 10.1 Å². The summed E-state index contributed by atoms with van der Waals surface area (Å²) in [6, 6.07) is 15.6. The van der Waals surface area contributed by atoms with Crippen molar-refractivity contribution < 1.29 is 0 Å². The Bertz CT molecular complexity index is 751. The van der Waals surface area contributed by atoms with Crippen molar-refractivity contribution in [1.29, 1.82) is 0 Å². The smallest absolute Gasteiger partial charge is 0.217 e. The van der Waals surface area contributed by atoms with Crippen LogP contribution in [0.4, 0.5) is 5.69 Å². The van der Waals surface area contributed by atoms with Crippen molar-refractivity contribution in [2.45, 2.75) is 0 Å². The van der Waals surface area contributed by atoms with Crippen molar-refractivity contribution >= 4 is 29.0 Å². The molecular weight excluding hydrogens is 296 g/mol. The summed E-state index contributed by atoms with van der Waals surface area (Å²) < 4.78 is 0. The van der Waals surface area contributed by atoms with Gasteiger partial charge in [-0.2, -0.15) is 5.10 Å². The number of hydrogen-bond acceptors (Lipinski definition) is 2. The van der Waals surface area contributed by atoms with E-state index in [0.717, 1.165) is 22.5 Å². The molecule has 5 heteroatoms. The van der Waals surface area contributed by atoms with Gasteiger partial charge < -0.3 is 5.32 Å². The van der Waals surface area contributed by atoms with Crippen LogP contribution in [-0.4, -0.2) is 18.2 Å². The van der Waals surface area contributed by atoms with E-state index in [0.29, 0.717) is 17.5 Å². The molecule has 0 aromatic heterocycles. The highest BCUT2D eigenvalue weighted by molar-refractivity contribution is 6.31. The zero-order valence-electron chi connectivity index (χ0n) is 11.9. The lowest BCUT2D eigenvalue weighted by molar-refractivity contribution is 1.01. The maximum absolute atomic E-state index is 6.16. The van der Waals surface area contributed by atoms with Gasteiger partial charge in [0.25, 0.3) is 0 Å². The topological polar surface area (TPSA) is 48.8 Å². The summed E-state index contributed by atoms with van der Waals surface area (Å²) in [5.74, 6) is 0.578. The van der Waals surface area contributed by atoms with Crippen molar-refractivity contribution in [2.75, 3.05) is 11.9 Å². The van der Waals surface area contributed by atoms with Gasteiger partial charge in [0.2, 0.25) is 5.96 Å². The van der Waals surface area contributed by atoms with E-state index in [1.54, 1.807) is 6.08 Å². The number of nitrogens with zero attached hydrogens (tertiary/aromatic N) is 2. The molecule has 0 bridgehead atoms. The van der Waals surface area contributed by atoms with Crippen LogP contribution in [0.15, 0.2) is 71.3 Å². The number of guanidine groups is 1. The van der Waals surface area contributed by atoms with Gasteiger partial charge in [0.05, 0.1) is 17.9 Å². The zero-order valence-corrected chi connectivity index (χ0v) is 12.6. The van der Waals surface area contributed by atoms with E-state index in [4.69, 9.17) is 11.6 Å². The number of benzene rings is 2. The van der Waals surface area contributed by atoms with E-state index in [-0.39, 0.29) is 0 Å². The average Bonchev–Trinajstić information content (AvgIpc) is 2.73. The monoisotopic (exact) mass is 310 g/mol. The van der Waals surface area contributed by atoms with Crippen LogP contribution in [0.1, 0.15) is 11.1 Å². The van der Waals surface area contributed by atoms with Gasteiger partial charge in [-0.15, -0.1) is 6.58 Å². The van der Waals surface area contributed by atoms with E-state index in [2.05, 4.69) is 27.4 Å². The molecule has 1 aliphatic heterocycles. The molecule has 0 atom stereocenters. The third-order valence-corrected chi connectivity index (χ3v) is 3.42. The summed E-state index contributed by atoms with van der Waals surface area (Å²) in [5.41, 5.74) is 6.62. The number of fused-ring (bicyclic) bond motifs is 1. The molecule has 1 aliphatic rings. The van der Waals surface area contributed by atoms with Gasteiger partial charge in [-0.1, -0.05) is 48.0 Å². The first-order valence-electron chi connectivity index (χ1n) is 6.89. The lowest BCUT2D eigenvalue weighted by Crippen LogP contribution is -2.25. The van der Waals surface area contributed by atoms with Gasteiger partial charge in [-0.3, -0.25) is 0 Å². The van der Waals surface area contributed by atoms with E-state index in [1.807, 2.05) is 48.5 Å². The number of nitrogens with one attached hydrogen (secondary N) is 2. The summed E-state index contributed by atoms with van der Waals surface area (Å²) in [6.07, 6.45) is 1.73. The molecule has 0 spiro atoms. The number of hydrogen-bond donors (Lipinski definition) is 2. The summed E-state index contributed by atoms with van der Waals surface area (Å²) >= 11 is 6.16. The Hall–Kier alpha value is -2.59. The highest BCUT2D eigenvalue weighted by Gasteiger charge is 2.17. The Morgan fingerprint density at radius 2 is 2.00 bits per heavy atom. The molecule has 0 amide bonds. The maximum atomic E-state index is 6.16. The Labute approximate surface area is 134 Å². The third kappa shape index (κ3) is 3.02. The Morgan fingerprint density at radius 3 is 2.77 bits per heavy atom. The highest BCUT2D eigenvalue weighted by Crippen LogP contribution is 2.25. The molecule has 2 aromatic rings. The molecule has 0 fully saturated rings. The van der Waals surface area contributed by atoms with Crippen LogP contribution in [0, 0.1) is 0 Å². The second kappa shape index (κ2) is 6.45. The van der Waals surface area contributed by atoms with Gasteiger partial charge in [0, 0.05) is 16.1 Å². The molecular formula is C17H15ClN4. The Kier molecular flexibility index (Phi) is 4.21. The second-order valence-electron chi connectivity index (χ2n) is 4.73. The third-order valence-electron chi connectivity index (χ3n) is 3.19. The molecule has 2 aromatic carbocycles. The van der Waals surface area contributed by atoms with Gasteiger partial charge in [0.1, 0.15) is 0 Å². The summed E-state index contributed by atoms with van der Waals surface area (Å²) in [6.45, 7) is 4.18. The summed E-state index contributed by atoms with van der Waals surface area (Å²) in [7, 11) is 0. The van der Waals surface area contributed by atoms with E-state index >= 15 is 0 Å². The van der Waals surface area contributed by atoms with Crippen molar-refractivity contribution in [3.8, 4) is 0 Å². The van der Waals surface area contributed by atoms with Crippen LogP contribution < -0.4 is 10.7 Å². The van der Waals surface area contributed by atoms with Crippen molar-refractivity contribution in [1.82, 2.24) is 5.43 Å². The molecule has 0 unspecified atom stereocenters. The first-order valence-corrected chi connectivity index (χ1v) is 7.27. The number of hydrazone groups is 1. The fourth-order valence-corrected chi connectivity index (χ4v) is 2.36. The van der Waals surface area contributed by atoms with E-state index < -0.39 is 0 Å². The van der Waals surface area contributed by atoms with Gasteiger partial charge in [-0.25, -0.2) is 10.4 Å². The van der Waals surface area contributed by atoms with E-state index in [9.17, 15) is 0 Å². The Balaban J connectivity index is 2.11. The fourth-order valence-electron chi connectivity index (χ4n) is 2.19. The van der Waals surface area contributed by atoms with Crippen LogP contribution in [0.3, 0.4) is 0 Å². The number of anilines is 1. The number of rotatable bonds is 3. The minimum atomic E-state index is 0.508.